The van der Waals surface area contributed by atoms with E-state index in [9.17, 15) is 9.90 Å². The molecule has 0 saturated heterocycles. The monoisotopic (exact) mass is 478 g/mol. The van der Waals surface area contributed by atoms with E-state index in [2.05, 4.69) is 4.98 Å². The molecule has 170 valence electrons. The van der Waals surface area contributed by atoms with Gasteiger partial charge in [-0.2, -0.15) is 0 Å². The molecule has 3 aromatic rings. The topological polar surface area (TPSA) is 95.0 Å². The molecule has 0 fully saturated rings. The minimum atomic E-state index is -0.944. The van der Waals surface area contributed by atoms with Crippen LogP contribution in [0.25, 0.3) is 10.9 Å². The molecule has 3 N–H and O–H groups in total. The number of rotatable bonds is 7. The third kappa shape index (κ3) is 4.66. The molecule has 1 aromatic heterocycles. The summed E-state index contributed by atoms with van der Waals surface area (Å²) in [6.07, 6.45) is -0.701. The lowest BCUT2D eigenvalue weighted by Gasteiger charge is -2.35. The van der Waals surface area contributed by atoms with Crippen molar-refractivity contribution in [3.63, 3.8) is 0 Å². The minimum Gasteiger partial charge on any atom is -0.491 e. The van der Waals surface area contributed by atoms with Gasteiger partial charge < -0.3 is 24.7 Å². The molecule has 2 atom stereocenters. The minimum absolute atomic E-state index is 0.0108. The number of ether oxygens (including phenoxy) is 2. The van der Waals surface area contributed by atoms with Gasteiger partial charge in [0.1, 0.15) is 31.1 Å². The summed E-state index contributed by atoms with van der Waals surface area (Å²) < 4.78 is 10.8. The van der Waals surface area contributed by atoms with Crippen LogP contribution in [0.5, 0.6) is 5.75 Å². The summed E-state index contributed by atoms with van der Waals surface area (Å²) in [5.41, 5.74) is 3.88. The number of aliphatic hydroxyl groups is 2. The number of aromatic amines is 1. The van der Waals surface area contributed by atoms with Gasteiger partial charge in [-0.05, 0) is 47.9 Å². The van der Waals surface area contributed by atoms with Gasteiger partial charge in [0, 0.05) is 28.2 Å². The number of aliphatic hydroxyl groups excluding tert-OH is 2. The maximum atomic E-state index is 12.8. The number of hydrogen-bond donors (Lipinski definition) is 3. The summed E-state index contributed by atoms with van der Waals surface area (Å²) >= 11 is 11.9. The van der Waals surface area contributed by atoms with Crippen LogP contribution in [0.2, 0.25) is 5.02 Å². The third-order valence-electron chi connectivity index (χ3n) is 5.48. The molecule has 1 amide bonds. The maximum Gasteiger partial charge on any atom is 0.410 e. The standard InChI is InChI=1S/C23H24Cl2N2O5/c24-8-10-31-23(30)27-9-7-18-19-11-15(25)3-6-20(19)26-21(18)22(27)14-1-4-17(5-2-14)32-13-16(29)12-28/h1-6,11,16,22,26,28-29H,7-10,12-13H2. The Bertz CT molecular complexity index is 1090. The largest absolute Gasteiger partial charge is 0.491 e. The second kappa shape index (κ2) is 10.0. The first kappa shape index (κ1) is 22.7. The van der Waals surface area contributed by atoms with Gasteiger partial charge in [0.05, 0.1) is 12.5 Å². The first-order chi connectivity index (χ1) is 15.5. The van der Waals surface area contributed by atoms with Gasteiger partial charge in [-0.3, -0.25) is 4.90 Å². The number of nitrogens with zero attached hydrogens (tertiary/aromatic N) is 1. The Balaban J connectivity index is 1.70. The fourth-order valence-electron chi connectivity index (χ4n) is 4.00. The fourth-order valence-corrected chi connectivity index (χ4v) is 4.25. The summed E-state index contributed by atoms with van der Waals surface area (Å²) in [5, 5.41) is 20.1. The van der Waals surface area contributed by atoms with E-state index in [1.165, 1.54) is 0 Å². The Morgan fingerprint density at radius 2 is 2.03 bits per heavy atom. The second-order valence-corrected chi connectivity index (χ2v) is 8.39. The van der Waals surface area contributed by atoms with Crippen molar-refractivity contribution in [1.82, 2.24) is 9.88 Å². The van der Waals surface area contributed by atoms with E-state index < -0.39 is 12.2 Å². The van der Waals surface area contributed by atoms with Gasteiger partial charge in [0.15, 0.2) is 0 Å². The van der Waals surface area contributed by atoms with Gasteiger partial charge in [-0.25, -0.2) is 4.79 Å². The Morgan fingerprint density at radius 1 is 1.25 bits per heavy atom. The van der Waals surface area contributed by atoms with Crippen molar-refractivity contribution in [2.45, 2.75) is 18.6 Å². The molecule has 32 heavy (non-hydrogen) atoms. The number of carbonyl (C=O) groups excluding carboxylic acids is 1. The zero-order valence-electron chi connectivity index (χ0n) is 17.3. The van der Waals surface area contributed by atoms with Gasteiger partial charge in [-0.15, -0.1) is 11.6 Å². The Morgan fingerprint density at radius 3 is 2.75 bits per heavy atom. The molecule has 9 heteroatoms. The molecule has 0 spiro atoms. The number of aromatic nitrogens is 1. The quantitative estimate of drug-likeness (QED) is 0.448. The number of carbonyl (C=O) groups is 1. The van der Waals surface area contributed by atoms with Crippen LogP contribution in [-0.4, -0.2) is 64.5 Å². The summed E-state index contributed by atoms with van der Waals surface area (Å²) in [7, 11) is 0. The number of alkyl halides is 1. The molecule has 0 saturated carbocycles. The van der Waals surface area contributed by atoms with Crippen LogP contribution >= 0.6 is 23.2 Å². The normalized spacial score (nSPS) is 16.6. The second-order valence-electron chi connectivity index (χ2n) is 7.57. The molecular formula is C23H24Cl2N2O5. The number of amides is 1. The fraction of sp³-hybridized carbons (Fsp3) is 0.348. The van der Waals surface area contributed by atoms with Crippen LogP contribution in [0.4, 0.5) is 4.79 Å². The third-order valence-corrected chi connectivity index (χ3v) is 5.86. The Kier molecular flexibility index (Phi) is 7.10. The van der Waals surface area contributed by atoms with Crippen LogP contribution in [0.1, 0.15) is 22.9 Å². The van der Waals surface area contributed by atoms with Crippen molar-refractivity contribution >= 4 is 40.2 Å². The predicted octanol–water partition coefficient (Wildman–Crippen LogP) is 3.88. The molecule has 0 bridgehead atoms. The van der Waals surface area contributed by atoms with E-state index in [1.807, 2.05) is 30.3 Å². The molecular weight excluding hydrogens is 455 g/mol. The van der Waals surface area contributed by atoms with E-state index in [0.29, 0.717) is 23.7 Å². The number of hydrogen-bond acceptors (Lipinski definition) is 5. The lowest BCUT2D eigenvalue weighted by molar-refractivity contribution is 0.0536. The zero-order valence-corrected chi connectivity index (χ0v) is 18.8. The Labute approximate surface area is 195 Å². The highest BCUT2D eigenvalue weighted by molar-refractivity contribution is 6.31. The van der Waals surface area contributed by atoms with Crippen molar-refractivity contribution in [1.29, 1.82) is 0 Å². The van der Waals surface area contributed by atoms with E-state index in [0.717, 1.165) is 27.7 Å². The van der Waals surface area contributed by atoms with Gasteiger partial charge >= 0.3 is 6.09 Å². The van der Waals surface area contributed by atoms with Crippen molar-refractivity contribution in [2.75, 3.05) is 32.2 Å². The summed E-state index contributed by atoms with van der Waals surface area (Å²) in [6, 6.07) is 12.6. The average Bonchev–Trinajstić information content (AvgIpc) is 3.18. The first-order valence-electron chi connectivity index (χ1n) is 10.3. The van der Waals surface area contributed by atoms with Gasteiger partial charge in [-0.1, -0.05) is 23.7 Å². The van der Waals surface area contributed by atoms with Crippen LogP contribution in [-0.2, 0) is 11.2 Å². The van der Waals surface area contributed by atoms with Crippen LogP contribution < -0.4 is 4.74 Å². The Hall–Kier alpha value is -2.45. The average molecular weight is 479 g/mol. The van der Waals surface area contributed by atoms with E-state index in [-0.39, 0.29) is 31.7 Å². The summed E-state index contributed by atoms with van der Waals surface area (Å²) in [4.78, 5) is 18.0. The molecule has 2 aromatic carbocycles. The summed E-state index contributed by atoms with van der Waals surface area (Å²) in [6.45, 7) is 0.244. The summed E-state index contributed by atoms with van der Waals surface area (Å²) in [5.74, 6) is 0.781. The molecule has 7 nitrogen and oxygen atoms in total. The SMILES string of the molecule is O=C(OCCCl)N1CCc2c([nH]c3ccc(Cl)cc23)C1c1ccc(OCC(O)CO)cc1. The maximum absolute atomic E-state index is 12.8. The van der Waals surface area contributed by atoms with Gasteiger partial charge in [0.2, 0.25) is 0 Å². The van der Waals surface area contributed by atoms with Crippen molar-refractivity contribution < 1.29 is 24.5 Å². The zero-order chi connectivity index (χ0) is 22.7. The number of halogens is 2. The molecule has 2 heterocycles. The van der Waals surface area contributed by atoms with Crippen LogP contribution in [0.3, 0.4) is 0 Å². The lowest BCUT2D eigenvalue weighted by atomic mass is 9.92. The highest BCUT2D eigenvalue weighted by Crippen LogP contribution is 2.39. The van der Waals surface area contributed by atoms with E-state index in [4.69, 9.17) is 37.8 Å². The molecule has 1 aliphatic heterocycles. The highest BCUT2D eigenvalue weighted by atomic mass is 35.5. The van der Waals surface area contributed by atoms with E-state index >= 15 is 0 Å². The first-order valence-corrected chi connectivity index (χ1v) is 11.2. The molecule has 2 unspecified atom stereocenters. The molecule has 1 aliphatic rings. The van der Waals surface area contributed by atoms with E-state index in [1.54, 1.807) is 17.0 Å². The smallest absolute Gasteiger partial charge is 0.410 e. The molecule has 0 radical (unpaired) electrons. The van der Waals surface area contributed by atoms with Crippen molar-refractivity contribution in [2.24, 2.45) is 0 Å². The lowest BCUT2D eigenvalue weighted by Crippen LogP contribution is -2.41. The highest BCUT2D eigenvalue weighted by Gasteiger charge is 2.35. The van der Waals surface area contributed by atoms with Crippen LogP contribution in [0, 0.1) is 0 Å². The van der Waals surface area contributed by atoms with Crippen molar-refractivity contribution in [3.05, 3.63) is 64.3 Å². The number of nitrogens with one attached hydrogen (secondary N) is 1. The number of H-pyrrole nitrogens is 1. The molecule has 0 aliphatic carbocycles. The number of benzene rings is 2. The van der Waals surface area contributed by atoms with Crippen molar-refractivity contribution in [3.8, 4) is 5.75 Å². The van der Waals surface area contributed by atoms with Crippen LogP contribution in [0.15, 0.2) is 42.5 Å². The van der Waals surface area contributed by atoms with Gasteiger partial charge in [0.25, 0.3) is 0 Å². The number of fused-ring (bicyclic) bond motifs is 3. The molecule has 4 rings (SSSR count). The predicted molar refractivity (Wildman–Crippen MR) is 123 cm³/mol.